The smallest absolute Gasteiger partial charge is 0.328 e. The van der Waals surface area contributed by atoms with Gasteiger partial charge in [-0.05, 0) is 55.3 Å². The molecule has 12 heteroatoms. The number of halogens is 2. The highest BCUT2D eigenvalue weighted by Gasteiger charge is 2.29. The second kappa shape index (κ2) is 14.7. The van der Waals surface area contributed by atoms with E-state index in [9.17, 15) is 28.0 Å². The van der Waals surface area contributed by atoms with Crippen LogP contribution in [0.5, 0.6) is 5.75 Å². The SMILES string of the molecule is CC(C)C(=O)OCOc1c(NC=O)ccnc1C(=O)NC(C)C(=O)OC(C)C(c1ccc(F)cc1)c1ccc(F)cc1. The van der Waals surface area contributed by atoms with Gasteiger partial charge in [-0.2, -0.15) is 0 Å². The topological polar surface area (TPSA) is 133 Å². The summed E-state index contributed by atoms with van der Waals surface area (Å²) in [6.45, 7) is 5.74. The van der Waals surface area contributed by atoms with Crippen LogP contribution in [0.25, 0.3) is 0 Å². The van der Waals surface area contributed by atoms with Crippen LogP contribution in [0.15, 0.2) is 60.8 Å². The number of carbonyl (C=O) groups excluding carboxylic acids is 4. The molecule has 3 rings (SSSR count). The predicted octanol–water partition coefficient (Wildman–Crippen LogP) is 4.35. The summed E-state index contributed by atoms with van der Waals surface area (Å²) in [5.74, 6) is -4.22. The first-order valence-corrected chi connectivity index (χ1v) is 13.0. The molecule has 0 saturated carbocycles. The highest BCUT2D eigenvalue weighted by atomic mass is 19.1. The number of nitrogens with one attached hydrogen (secondary N) is 2. The van der Waals surface area contributed by atoms with Gasteiger partial charge in [0.25, 0.3) is 5.91 Å². The second-order valence-corrected chi connectivity index (χ2v) is 9.60. The number of benzene rings is 2. The molecule has 0 spiro atoms. The monoisotopic (exact) mass is 583 g/mol. The minimum Gasteiger partial charge on any atom is -0.460 e. The summed E-state index contributed by atoms with van der Waals surface area (Å²) in [6, 6.07) is 11.5. The molecule has 0 aliphatic heterocycles. The number of esters is 2. The number of amides is 2. The minimum atomic E-state index is -1.17. The van der Waals surface area contributed by atoms with Crippen LogP contribution in [0.1, 0.15) is 55.2 Å². The molecule has 1 heterocycles. The lowest BCUT2D eigenvalue weighted by atomic mass is 9.87. The minimum absolute atomic E-state index is 0.0797. The van der Waals surface area contributed by atoms with Gasteiger partial charge in [0.05, 0.1) is 11.6 Å². The van der Waals surface area contributed by atoms with Gasteiger partial charge in [0, 0.05) is 12.1 Å². The molecule has 222 valence electrons. The highest BCUT2D eigenvalue weighted by molar-refractivity contribution is 5.99. The lowest BCUT2D eigenvalue weighted by molar-refractivity contribution is -0.154. The molecule has 0 saturated heterocycles. The van der Waals surface area contributed by atoms with Crippen molar-refractivity contribution in [1.82, 2.24) is 10.3 Å². The highest BCUT2D eigenvalue weighted by Crippen LogP contribution is 2.31. The average Bonchev–Trinajstić information content (AvgIpc) is 2.95. The summed E-state index contributed by atoms with van der Waals surface area (Å²) in [5, 5.41) is 4.86. The number of hydrogen-bond acceptors (Lipinski definition) is 8. The van der Waals surface area contributed by atoms with Crippen molar-refractivity contribution in [3.63, 3.8) is 0 Å². The lowest BCUT2D eigenvalue weighted by Crippen LogP contribution is -2.41. The third-order valence-electron chi connectivity index (χ3n) is 6.14. The standard InChI is InChI=1S/C30H31F2N3O7/c1-17(2)29(38)41-16-40-27-24(34-15-36)13-14-33-26(27)28(37)35-18(3)30(39)42-19(4)25(20-5-9-22(31)10-6-20)21-7-11-23(32)12-8-21/h5-15,17-19,25H,16H2,1-4H3,(H,35,37)(H,33,34,36). The third kappa shape index (κ3) is 8.32. The fourth-order valence-corrected chi connectivity index (χ4v) is 4.00. The first kappa shape index (κ1) is 31.7. The van der Waals surface area contributed by atoms with Gasteiger partial charge in [0.15, 0.2) is 11.4 Å². The van der Waals surface area contributed by atoms with E-state index in [1.54, 1.807) is 45.0 Å². The summed E-state index contributed by atoms with van der Waals surface area (Å²) in [4.78, 5) is 53.0. The first-order valence-electron chi connectivity index (χ1n) is 13.0. The van der Waals surface area contributed by atoms with Crippen molar-refractivity contribution in [3.8, 4) is 5.75 Å². The van der Waals surface area contributed by atoms with Gasteiger partial charge in [-0.15, -0.1) is 0 Å². The fourth-order valence-electron chi connectivity index (χ4n) is 4.00. The van der Waals surface area contributed by atoms with Gasteiger partial charge in [-0.25, -0.2) is 18.6 Å². The Morgan fingerprint density at radius 3 is 1.98 bits per heavy atom. The maximum atomic E-state index is 13.6. The lowest BCUT2D eigenvalue weighted by Gasteiger charge is -2.26. The second-order valence-electron chi connectivity index (χ2n) is 9.60. The van der Waals surface area contributed by atoms with Crippen molar-refractivity contribution in [2.75, 3.05) is 12.1 Å². The Hall–Kier alpha value is -4.87. The molecule has 2 atom stereocenters. The maximum Gasteiger partial charge on any atom is 0.328 e. The summed E-state index contributed by atoms with van der Waals surface area (Å²) in [6.07, 6.45) is 0.805. The zero-order valence-corrected chi connectivity index (χ0v) is 23.4. The number of nitrogens with zero attached hydrogens (tertiary/aromatic N) is 1. The Labute approximate surface area is 241 Å². The number of pyridine rings is 1. The molecular formula is C30H31F2N3O7. The number of carbonyl (C=O) groups is 4. The molecule has 3 aromatic rings. The first-order chi connectivity index (χ1) is 20.0. The molecule has 2 aromatic carbocycles. The van der Waals surface area contributed by atoms with Crippen LogP contribution in [0.3, 0.4) is 0 Å². The van der Waals surface area contributed by atoms with Crippen LogP contribution >= 0.6 is 0 Å². The Morgan fingerprint density at radius 2 is 1.45 bits per heavy atom. The normalized spacial score (nSPS) is 12.3. The van der Waals surface area contributed by atoms with Crippen LogP contribution in [-0.2, 0) is 23.9 Å². The third-order valence-corrected chi connectivity index (χ3v) is 6.14. The van der Waals surface area contributed by atoms with Crippen LogP contribution in [-0.4, -0.2) is 48.2 Å². The molecule has 1 aromatic heterocycles. The summed E-state index contributed by atoms with van der Waals surface area (Å²) in [5.41, 5.74) is 1.05. The van der Waals surface area contributed by atoms with E-state index >= 15 is 0 Å². The van der Waals surface area contributed by atoms with Crippen LogP contribution in [0.2, 0.25) is 0 Å². The Balaban J connectivity index is 1.76. The van der Waals surface area contributed by atoms with Gasteiger partial charge in [-0.3, -0.25) is 14.4 Å². The molecule has 2 unspecified atom stereocenters. The molecule has 2 N–H and O–H groups in total. The number of ether oxygens (including phenoxy) is 3. The number of hydrogen-bond donors (Lipinski definition) is 2. The summed E-state index contributed by atoms with van der Waals surface area (Å²) < 4.78 is 43.3. The van der Waals surface area contributed by atoms with Crippen molar-refractivity contribution in [2.24, 2.45) is 5.92 Å². The number of anilines is 1. The van der Waals surface area contributed by atoms with Gasteiger partial charge >= 0.3 is 11.9 Å². The quantitative estimate of drug-likeness (QED) is 0.173. The van der Waals surface area contributed by atoms with Crippen molar-refractivity contribution in [1.29, 1.82) is 0 Å². The van der Waals surface area contributed by atoms with Gasteiger partial charge in [-0.1, -0.05) is 38.1 Å². The van der Waals surface area contributed by atoms with E-state index in [2.05, 4.69) is 15.6 Å². The van der Waals surface area contributed by atoms with Crippen molar-refractivity contribution >= 4 is 29.9 Å². The van der Waals surface area contributed by atoms with Crippen LogP contribution in [0.4, 0.5) is 14.5 Å². The zero-order chi connectivity index (χ0) is 30.8. The molecule has 0 aliphatic carbocycles. The van der Waals surface area contributed by atoms with E-state index in [1.807, 2.05) is 0 Å². The molecule has 0 radical (unpaired) electrons. The van der Waals surface area contributed by atoms with Gasteiger partial charge in [0.1, 0.15) is 23.8 Å². The van der Waals surface area contributed by atoms with Crippen molar-refractivity contribution in [3.05, 3.63) is 89.2 Å². The van der Waals surface area contributed by atoms with E-state index in [1.165, 1.54) is 43.5 Å². The molecule has 0 fully saturated rings. The van der Waals surface area contributed by atoms with Crippen molar-refractivity contribution in [2.45, 2.75) is 45.8 Å². The van der Waals surface area contributed by atoms with E-state index in [0.29, 0.717) is 17.5 Å². The van der Waals surface area contributed by atoms with Crippen molar-refractivity contribution < 1.29 is 42.2 Å². The summed E-state index contributed by atoms with van der Waals surface area (Å²) >= 11 is 0. The molecular weight excluding hydrogens is 552 g/mol. The molecule has 42 heavy (non-hydrogen) atoms. The van der Waals surface area contributed by atoms with Gasteiger partial charge < -0.3 is 24.8 Å². The maximum absolute atomic E-state index is 13.6. The van der Waals surface area contributed by atoms with E-state index in [4.69, 9.17) is 14.2 Å². The van der Waals surface area contributed by atoms with E-state index in [-0.39, 0.29) is 17.1 Å². The molecule has 0 bridgehead atoms. The molecule has 2 amide bonds. The Morgan fingerprint density at radius 1 is 0.881 bits per heavy atom. The Bertz CT molecular complexity index is 1350. The predicted molar refractivity (Wildman–Crippen MR) is 147 cm³/mol. The zero-order valence-electron chi connectivity index (χ0n) is 23.4. The van der Waals surface area contributed by atoms with E-state index in [0.717, 1.165) is 0 Å². The fraction of sp³-hybridized carbons (Fsp3) is 0.300. The van der Waals surface area contributed by atoms with E-state index < -0.39 is 60.3 Å². The summed E-state index contributed by atoms with van der Waals surface area (Å²) in [7, 11) is 0. The van der Waals surface area contributed by atoms with Crippen LogP contribution in [0, 0.1) is 17.6 Å². The Kier molecular flexibility index (Phi) is 11.1. The number of aromatic nitrogens is 1. The molecule has 0 aliphatic rings. The van der Waals surface area contributed by atoms with Gasteiger partial charge in [0.2, 0.25) is 13.2 Å². The van der Waals surface area contributed by atoms with Crippen LogP contribution < -0.4 is 15.4 Å². The number of rotatable bonds is 13. The average molecular weight is 584 g/mol. The molecule has 10 nitrogen and oxygen atoms in total. The largest absolute Gasteiger partial charge is 0.460 e.